The third-order valence-electron chi connectivity index (χ3n) is 4.57. The fourth-order valence-electron chi connectivity index (χ4n) is 3.05. The molecule has 0 saturated heterocycles. The molecule has 1 atom stereocenters. The molecule has 0 amide bonds. The van der Waals surface area contributed by atoms with Gasteiger partial charge in [0.25, 0.3) is 0 Å². The Hall–Kier alpha value is -0.850. The summed E-state index contributed by atoms with van der Waals surface area (Å²) in [7, 11) is 0. The van der Waals surface area contributed by atoms with Gasteiger partial charge in [0.05, 0.1) is 0 Å². The second-order valence-electron chi connectivity index (χ2n) is 8.34. The largest absolute Gasteiger partial charge is 0.212 e. The van der Waals surface area contributed by atoms with E-state index in [0.29, 0.717) is 24.2 Å². The SMILES string of the molecule is C=C(CCCCCC/C(F)=C(\C=C(C)C)C(C)CC(C)C)C(C)C. The smallest absolute Gasteiger partial charge is 0.103 e. The van der Waals surface area contributed by atoms with Gasteiger partial charge in [-0.1, -0.05) is 71.3 Å². The lowest BCUT2D eigenvalue weighted by atomic mass is 9.89. The summed E-state index contributed by atoms with van der Waals surface area (Å²) < 4.78 is 14.7. The predicted octanol–water partition coefficient (Wildman–Crippen LogP) is 8.41. The van der Waals surface area contributed by atoms with E-state index in [2.05, 4.69) is 61.1 Å². The van der Waals surface area contributed by atoms with E-state index in [-0.39, 0.29) is 5.83 Å². The van der Waals surface area contributed by atoms with Crippen molar-refractivity contribution in [2.45, 2.75) is 93.4 Å². The van der Waals surface area contributed by atoms with E-state index < -0.39 is 0 Å². The van der Waals surface area contributed by atoms with Crippen LogP contribution in [0.15, 0.2) is 35.2 Å². The van der Waals surface area contributed by atoms with Gasteiger partial charge in [-0.3, -0.25) is 0 Å². The van der Waals surface area contributed by atoms with E-state index in [1.165, 1.54) is 24.0 Å². The molecular weight excluding hydrogens is 295 g/mol. The maximum atomic E-state index is 14.7. The van der Waals surface area contributed by atoms with Gasteiger partial charge in [-0.25, -0.2) is 4.39 Å². The molecule has 1 unspecified atom stereocenters. The monoisotopic (exact) mass is 336 g/mol. The fraction of sp³-hybridized carbons (Fsp3) is 0.739. The molecule has 140 valence electrons. The van der Waals surface area contributed by atoms with Crippen LogP contribution in [0.25, 0.3) is 0 Å². The number of hydrogen-bond donors (Lipinski definition) is 0. The van der Waals surface area contributed by atoms with Crippen LogP contribution in [-0.4, -0.2) is 0 Å². The summed E-state index contributed by atoms with van der Waals surface area (Å²) in [5, 5.41) is 0. The lowest BCUT2D eigenvalue weighted by Gasteiger charge is -2.17. The molecule has 24 heavy (non-hydrogen) atoms. The maximum absolute atomic E-state index is 14.7. The lowest BCUT2D eigenvalue weighted by molar-refractivity contribution is 0.465. The normalized spacial score (nSPS) is 13.9. The highest BCUT2D eigenvalue weighted by molar-refractivity contribution is 5.27. The van der Waals surface area contributed by atoms with Crippen molar-refractivity contribution in [2.24, 2.45) is 17.8 Å². The minimum atomic E-state index is 0.107. The molecule has 0 saturated carbocycles. The molecule has 0 aromatic carbocycles. The molecule has 0 aliphatic carbocycles. The molecule has 0 bridgehead atoms. The van der Waals surface area contributed by atoms with Crippen LogP contribution in [0.5, 0.6) is 0 Å². The van der Waals surface area contributed by atoms with Crippen LogP contribution >= 0.6 is 0 Å². The fourth-order valence-corrected chi connectivity index (χ4v) is 3.05. The Morgan fingerprint density at radius 3 is 1.92 bits per heavy atom. The zero-order valence-corrected chi connectivity index (χ0v) is 17.3. The van der Waals surface area contributed by atoms with Gasteiger partial charge in [-0.2, -0.15) is 0 Å². The molecule has 0 nitrogen and oxygen atoms in total. The molecule has 0 fully saturated rings. The first-order chi connectivity index (χ1) is 11.1. The second-order valence-corrected chi connectivity index (χ2v) is 8.34. The van der Waals surface area contributed by atoms with E-state index in [9.17, 15) is 4.39 Å². The molecule has 0 radical (unpaired) electrons. The lowest BCUT2D eigenvalue weighted by Crippen LogP contribution is -2.04. The number of unbranched alkanes of at least 4 members (excludes halogenated alkanes) is 3. The molecule has 0 heterocycles. The Bertz CT molecular complexity index is 419. The Kier molecular flexibility index (Phi) is 12.1. The minimum Gasteiger partial charge on any atom is -0.212 e. The number of hydrogen-bond acceptors (Lipinski definition) is 0. The van der Waals surface area contributed by atoms with Crippen molar-refractivity contribution in [1.29, 1.82) is 0 Å². The summed E-state index contributed by atoms with van der Waals surface area (Å²) in [4.78, 5) is 0. The first kappa shape index (κ1) is 23.1. The zero-order valence-electron chi connectivity index (χ0n) is 17.3. The van der Waals surface area contributed by atoms with Gasteiger partial charge in [0.15, 0.2) is 0 Å². The van der Waals surface area contributed by atoms with Gasteiger partial charge >= 0.3 is 0 Å². The second kappa shape index (κ2) is 12.5. The highest BCUT2D eigenvalue weighted by Crippen LogP contribution is 2.28. The van der Waals surface area contributed by atoms with Gasteiger partial charge in [-0.05, 0) is 69.3 Å². The van der Waals surface area contributed by atoms with Gasteiger partial charge in [0, 0.05) is 0 Å². The van der Waals surface area contributed by atoms with Crippen LogP contribution in [0.2, 0.25) is 0 Å². The Morgan fingerprint density at radius 1 is 0.917 bits per heavy atom. The average Bonchev–Trinajstić information content (AvgIpc) is 2.46. The van der Waals surface area contributed by atoms with Crippen molar-refractivity contribution in [2.75, 3.05) is 0 Å². The van der Waals surface area contributed by atoms with Gasteiger partial charge < -0.3 is 0 Å². The first-order valence-electron chi connectivity index (χ1n) is 9.86. The Balaban J connectivity index is 4.43. The molecule has 1 heteroatoms. The van der Waals surface area contributed by atoms with Gasteiger partial charge in [-0.15, -0.1) is 0 Å². The molecule has 0 N–H and O–H groups in total. The van der Waals surface area contributed by atoms with Crippen LogP contribution in [0.3, 0.4) is 0 Å². The first-order valence-corrected chi connectivity index (χ1v) is 9.86. The number of allylic oxidation sites excluding steroid dienone is 5. The minimum absolute atomic E-state index is 0.107. The molecule has 0 aliphatic heterocycles. The van der Waals surface area contributed by atoms with Crippen LogP contribution < -0.4 is 0 Å². The van der Waals surface area contributed by atoms with E-state index >= 15 is 0 Å². The molecular formula is C23H41F. The maximum Gasteiger partial charge on any atom is 0.103 e. The number of halogens is 1. The van der Waals surface area contributed by atoms with Gasteiger partial charge in [0.1, 0.15) is 5.83 Å². The van der Waals surface area contributed by atoms with Crippen molar-refractivity contribution in [3.05, 3.63) is 35.2 Å². The summed E-state index contributed by atoms with van der Waals surface area (Å²) in [6.07, 6.45) is 9.23. The molecule has 0 spiro atoms. The van der Waals surface area contributed by atoms with Crippen LogP contribution in [0, 0.1) is 17.8 Å². The van der Waals surface area contributed by atoms with Crippen molar-refractivity contribution in [1.82, 2.24) is 0 Å². The Morgan fingerprint density at radius 2 is 1.46 bits per heavy atom. The van der Waals surface area contributed by atoms with E-state index in [4.69, 9.17) is 0 Å². The third kappa shape index (κ3) is 10.8. The molecule has 0 aliphatic rings. The Labute approximate surface area is 151 Å². The summed E-state index contributed by atoms with van der Waals surface area (Å²) in [6, 6.07) is 0. The van der Waals surface area contributed by atoms with Crippen molar-refractivity contribution >= 4 is 0 Å². The summed E-state index contributed by atoms with van der Waals surface area (Å²) in [5.74, 6) is 1.59. The van der Waals surface area contributed by atoms with E-state index in [1.807, 2.05) is 0 Å². The highest BCUT2D eigenvalue weighted by atomic mass is 19.1. The van der Waals surface area contributed by atoms with Crippen LogP contribution in [-0.2, 0) is 0 Å². The molecule has 0 rings (SSSR count). The molecule has 0 aromatic rings. The quantitative estimate of drug-likeness (QED) is 0.190. The summed E-state index contributed by atoms with van der Waals surface area (Å²) in [6.45, 7) is 19.2. The highest BCUT2D eigenvalue weighted by Gasteiger charge is 2.14. The average molecular weight is 337 g/mol. The topological polar surface area (TPSA) is 0 Å². The standard InChI is InChI=1S/C23H41F/c1-17(2)15-21(8)22(16-18(3)4)23(24)14-12-10-9-11-13-20(7)19(5)6/h16-17,19,21H,7,9-15H2,1-6,8H3/b23-22-. The van der Waals surface area contributed by atoms with E-state index in [1.54, 1.807) is 0 Å². The molecule has 0 aromatic heterocycles. The van der Waals surface area contributed by atoms with E-state index in [0.717, 1.165) is 31.3 Å². The summed E-state index contributed by atoms with van der Waals surface area (Å²) in [5.41, 5.74) is 3.45. The van der Waals surface area contributed by atoms with Crippen LogP contribution in [0.4, 0.5) is 4.39 Å². The van der Waals surface area contributed by atoms with Crippen LogP contribution in [0.1, 0.15) is 93.4 Å². The third-order valence-corrected chi connectivity index (χ3v) is 4.57. The summed E-state index contributed by atoms with van der Waals surface area (Å²) >= 11 is 0. The van der Waals surface area contributed by atoms with Gasteiger partial charge in [0.2, 0.25) is 0 Å². The van der Waals surface area contributed by atoms with Crippen molar-refractivity contribution < 1.29 is 4.39 Å². The van der Waals surface area contributed by atoms with Crippen molar-refractivity contribution in [3.63, 3.8) is 0 Å². The predicted molar refractivity (Wildman–Crippen MR) is 108 cm³/mol. The number of rotatable bonds is 12. The zero-order chi connectivity index (χ0) is 18.7. The van der Waals surface area contributed by atoms with Crippen molar-refractivity contribution in [3.8, 4) is 0 Å².